The summed E-state index contributed by atoms with van der Waals surface area (Å²) in [5.41, 5.74) is 3.05. The van der Waals surface area contributed by atoms with Crippen molar-refractivity contribution in [2.24, 2.45) is 4.99 Å². The van der Waals surface area contributed by atoms with E-state index in [2.05, 4.69) is 33.8 Å². The van der Waals surface area contributed by atoms with Gasteiger partial charge in [0.15, 0.2) is 17.3 Å². The van der Waals surface area contributed by atoms with Crippen LogP contribution in [0.3, 0.4) is 0 Å². The van der Waals surface area contributed by atoms with Crippen LogP contribution < -0.4 is 15.4 Å². The number of furan rings is 1. The van der Waals surface area contributed by atoms with Gasteiger partial charge < -0.3 is 24.7 Å². The first-order valence-corrected chi connectivity index (χ1v) is 11.6. The van der Waals surface area contributed by atoms with Crippen molar-refractivity contribution >= 4 is 22.8 Å². The van der Waals surface area contributed by atoms with Gasteiger partial charge in [0.1, 0.15) is 5.76 Å². The van der Waals surface area contributed by atoms with E-state index in [-0.39, 0.29) is 11.9 Å². The minimum atomic E-state index is -0.0782. The second kappa shape index (κ2) is 10.4. The number of nitrogens with zero attached hydrogens (tertiary/aromatic N) is 2. The van der Waals surface area contributed by atoms with E-state index >= 15 is 0 Å². The molecule has 33 heavy (non-hydrogen) atoms. The SMILES string of the molecule is CCOc1cccc2cc(C(C)NC(=NC)NCc3cccc(CN4CCCC4=O)c3)oc12. The molecule has 1 saturated heterocycles. The zero-order valence-electron chi connectivity index (χ0n) is 19.6. The average molecular weight is 449 g/mol. The minimum absolute atomic E-state index is 0.0782. The minimum Gasteiger partial charge on any atom is -0.490 e. The molecule has 4 rings (SSSR count). The van der Waals surface area contributed by atoms with Gasteiger partial charge in [0.05, 0.1) is 12.6 Å². The fourth-order valence-corrected chi connectivity index (χ4v) is 4.12. The molecule has 0 aliphatic carbocycles. The largest absolute Gasteiger partial charge is 0.490 e. The molecule has 7 nitrogen and oxygen atoms in total. The summed E-state index contributed by atoms with van der Waals surface area (Å²) < 4.78 is 11.8. The molecule has 1 unspecified atom stereocenters. The van der Waals surface area contributed by atoms with E-state index in [9.17, 15) is 4.79 Å². The summed E-state index contributed by atoms with van der Waals surface area (Å²) in [6.45, 7) is 6.75. The lowest BCUT2D eigenvalue weighted by molar-refractivity contribution is -0.128. The van der Waals surface area contributed by atoms with E-state index in [1.165, 1.54) is 0 Å². The standard InChI is InChI=1S/C26H32N4O3/c1-4-32-22-11-6-10-21-15-23(33-25(21)22)18(2)29-26(27-3)28-16-19-8-5-9-20(14-19)17-30-13-7-12-24(30)31/h5-6,8-11,14-15,18H,4,7,12-13,16-17H2,1-3H3,(H2,27,28,29). The van der Waals surface area contributed by atoms with Gasteiger partial charge in [0, 0.05) is 38.5 Å². The molecule has 0 spiro atoms. The molecule has 1 aliphatic rings. The van der Waals surface area contributed by atoms with Gasteiger partial charge in [-0.15, -0.1) is 0 Å². The Hall–Kier alpha value is -3.48. The van der Waals surface area contributed by atoms with Crippen LogP contribution in [0.15, 0.2) is 57.9 Å². The monoisotopic (exact) mass is 448 g/mol. The molecule has 3 aromatic rings. The summed E-state index contributed by atoms with van der Waals surface area (Å²) in [4.78, 5) is 18.2. The van der Waals surface area contributed by atoms with Crippen LogP contribution in [0.1, 0.15) is 49.6 Å². The highest BCUT2D eigenvalue weighted by atomic mass is 16.5. The predicted octanol–water partition coefficient (Wildman–Crippen LogP) is 4.38. The third-order valence-electron chi connectivity index (χ3n) is 5.83. The normalized spacial score (nSPS) is 15.2. The first-order valence-electron chi connectivity index (χ1n) is 11.6. The molecule has 0 radical (unpaired) electrons. The van der Waals surface area contributed by atoms with Crippen molar-refractivity contribution in [3.63, 3.8) is 0 Å². The van der Waals surface area contributed by atoms with Crippen LogP contribution in [0.2, 0.25) is 0 Å². The number of rotatable bonds is 8. The number of hydrogen-bond acceptors (Lipinski definition) is 4. The molecule has 2 aromatic carbocycles. The van der Waals surface area contributed by atoms with Gasteiger partial charge in [-0.25, -0.2) is 0 Å². The quantitative estimate of drug-likeness (QED) is 0.395. The molecule has 7 heteroatoms. The Morgan fingerprint density at radius 2 is 2.03 bits per heavy atom. The third-order valence-corrected chi connectivity index (χ3v) is 5.83. The Balaban J connectivity index is 1.37. The Morgan fingerprint density at radius 1 is 1.21 bits per heavy atom. The van der Waals surface area contributed by atoms with Crippen LogP contribution in [-0.4, -0.2) is 37.0 Å². The van der Waals surface area contributed by atoms with Gasteiger partial charge in [-0.3, -0.25) is 9.79 Å². The van der Waals surface area contributed by atoms with E-state index in [4.69, 9.17) is 9.15 Å². The molecule has 2 heterocycles. The van der Waals surface area contributed by atoms with E-state index < -0.39 is 0 Å². The number of hydrogen-bond donors (Lipinski definition) is 2. The Bertz CT molecular complexity index is 1140. The highest BCUT2D eigenvalue weighted by Crippen LogP contribution is 2.31. The summed E-state index contributed by atoms with van der Waals surface area (Å²) in [6, 6.07) is 16.2. The molecule has 2 N–H and O–H groups in total. The van der Waals surface area contributed by atoms with E-state index in [0.717, 1.165) is 46.6 Å². The molecule has 1 aliphatic heterocycles. The summed E-state index contributed by atoms with van der Waals surface area (Å²) >= 11 is 0. The molecule has 1 aromatic heterocycles. The average Bonchev–Trinajstić information content (AvgIpc) is 3.44. The second-order valence-electron chi connectivity index (χ2n) is 8.29. The molecular weight excluding hydrogens is 416 g/mol. The number of fused-ring (bicyclic) bond motifs is 1. The molecular formula is C26H32N4O3. The van der Waals surface area contributed by atoms with Crippen LogP contribution in [0, 0.1) is 0 Å². The fourth-order valence-electron chi connectivity index (χ4n) is 4.12. The van der Waals surface area contributed by atoms with Gasteiger partial charge in [-0.1, -0.05) is 36.4 Å². The van der Waals surface area contributed by atoms with Crippen molar-refractivity contribution in [2.45, 2.75) is 45.8 Å². The van der Waals surface area contributed by atoms with Crippen LogP contribution in [-0.2, 0) is 17.9 Å². The summed E-state index contributed by atoms with van der Waals surface area (Å²) in [6.07, 6.45) is 1.62. The lowest BCUT2D eigenvalue weighted by Crippen LogP contribution is -2.38. The van der Waals surface area contributed by atoms with Crippen molar-refractivity contribution in [3.8, 4) is 5.75 Å². The molecule has 174 valence electrons. The Labute approximate surface area is 194 Å². The van der Waals surface area contributed by atoms with Gasteiger partial charge in [0.25, 0.3) is 0 Å². The Morgan fingerprint density at radius 3 is 2.79 bits per heavy atom. The van der Waals surface area contributed by atoms with Crippen LogP contribution >= 0.6 is 0 Å². The van der Waals surface area contributed by atoms with Gasteiger partial charge in [-0.05, 0) is 43.5 Å². The number of amides is 1. The number of benzene rings is 2. The number of ether oxygens (including phenoxy) is 1. The van der Waals surface area contributed by atoms with Gasteiger partial charge >= 0.3 is 0 Å². The van der Waals surface area contributed by atoms with Crippen molar-refractivity contribution < 1.29 is 13.9 Å². The number of likely N-dealkylation sites (tertiary alicyclic amines) is 1. The van der Waals surface area contributed by atoms with Gasteiger partial charge in [0.2, 0.25) is 5.91 Å². The van der Waals surface area contributed by atoms with E-state index in [1.807, 2.05) is 49.1 Å². The number of guanidine groups is 1. The number of para-hydroxylation sites is 1. The summed E-state index contributed by atoms with van der Waals surface area (Å²) in [5, 5.41) is 7.78. The number of carbonyl (C=O) groups excluding carboxylic acids is 1. The molecule has 1 atom stereocenters. The van der Waals surface area contributed by atoms with Crippen molar-refractivity contribution in [1.82, 2.24) is 15.5 Å². The first kappa shape index (κ1) is 22.7. The number of carbonyl (C=O) groups is 1. The maximum atomic E-state index is 11.9. The number of nitrogens with one attached hydrogen (secondary N) is 2. The Kier molecular flexibility index (Phi) is 7.17. The third kappa shape index (κ3) is 5.48. The van der Waals surface area contributed by atoms with Crippen LogP contribution in [0.25, 0.3) is 11.0 Å². The van der Waals surface area contributed by atoms with Gasteiger partial charge in [-0.2, -0.15) is 0 Å². The zero-order valence-corrected chi connectivity index (χ0v) is 19.6. The highest BCUT2D eigenvalue weighted by molar-refractivity contribution is 5.84. The molecule has 1 amide bonds. The smallest absolute Gasteiger partial charge is 0.222 e. The highest BCUT2D eigenvalue weighted by Gasteiger charge is 2.20. The van der Waals surface area contributed by atoms with E-state index in [1.54, 1.807) is 7.05 Å². The van der Waals surface area contributed by atoms with Crippen molar-refractivity contribution in [2.75, 3.05) is 20.2 Å². The number of aliphatic imine (C=N–C) groups is 1. The fraction of sp³-hybridized carbons (Fsp3) is 0.385. The summed E-state index contributed by atoms with van der Waals surface area (Å²) in [7, 11) is 1.75. The van der Waals surface area contributed by atoms with Crippen molar-refractivity contribution in [3.05, 3.63) is 65.4 Å². The molecule has 0 bridgehead atoms. The maximum absolute atomic E-state index is 11.9. The second-order valence-corrected chi connectivity index (χ2v) is 8.29. The lowest BCUT2D eigenvalue weighted by Gasteiger charge is -2.18. The first-order chi connectivity index (χ1) is 16.1. The summed E-state index contributed by atoms with van der Waals surface area (Å²) in [5.74, 6) is 2.51. The molecule has 0 saturated carbocycles. The van der Waals surface area contributed by atoms with Crippen LogP contribution in [0.5, 0.6) is 5.75 Å². The topological polar surface area (TPSA) is 79.1 Å². The van der Waals surface area contributed by atoms with E-state index in [0.29, 0.717) is 32.1 Å². The zero-order chi connectivity index (χ0) is 23.2. The molecule has 1 fully saturated rings. The van der Waals surface area contributed by atoms with Crippen LogP contribution in [0.4, 0.5) is 0 Å². The lowest BCUT2D eigenvalue weighted by atomic mass is 10.1. The predicted molar refractivity (Wildman–Crippen MR) is 130 cm³/mol. The van der Waals surface area contributed by atoms with Crippen molar-refractivity contribution in [1.29, 1.82) is 0 Å². The maximum Gasteiger partial charge on any atom is 0.222 e.